The Morgan fingerprint density at radius 2 is 1.97 bits per heavy atom. The molecule has 1 saturated carbocycles. The Morgan fingerprint density at radius 3 is 2.78 bits per heavy atom. The number of hydrogen-bond acceptors (Lipinski definition) is 5. The average Bonchev–Trinajstić information content (AvgIpc) is 3.67. The highest BCUT2D eigenvalue weighted by Crippen LogP contribution is 2.40. The first-order valence-electron chi connectivity index (χ1n) is 12.8. The zero-order valence-electron chi connectivity index (χ0n) is 20.7. The summed E-state index contributed by atoms with van der Waals surface area (Å²) in [4.78, 5) is 28.1. The van der Waals surface area contributed by atoms with Crippen molar-refractivity contribution in [1.82, 2.24) is 19.9 Å². The molecule has 0 radical (unpaired) electrons. The zero-order chi connectivity index (χ0) is 25.4. The van der Waals surface area contributed by atoms with Gasteiger partial charge in [0.25, 0.3) is 5.91 Å². The monoisotopic (exact) mass is 493 g/mol. The summed E-state index contributed by atoms with van der Waals surface area (Å²) in [6.07, 6.45) is 12.5. The molecule has 1 aliphatic heterocycles. The highest BCUT2D eigenvalue weighted by atomic mass is 19.1. The Labute approximate surface area is 215 Å². The minimum atomic E-state index is -0.448. The van der Waals surface area contributed by atoms with Crippen LogP contribution in [0, 0.1) is 5.82 Å². The van der Waals surface area contributed by atoms with E-state index in [2.05, 4.69) is 31.4 Å². The molecule has 3 heterocycles. The van der Waals surface area contributed by atoms with Gasteiger partial charge >= 0.3 is 0 Å². The molecule has 0 spiro atoms. The summed E-state index contributed by atoms with van der Waals surface area (Å²) in [5.74, 6) is 0.509. The van der Waals surface area contributed by atoms with Crippen molar-refractivity contribution in [2.75, 3.05) is 18.4 Å². The van der Waals surface area contributed by atoms with E-state index in [-0.39, 0.29) is 11.5 Å². The predicted molar refractivity (Wildman–Crippen MR) is 143 cm³/mol. The molecule has 2 fully saturated rings. The van der Waals surface area contributed by atoms with E-state index in [4.69, 9.17) is 0 Å². The number of amides is 1. The Morgan fingerprint density at radius 1 is 1.08 bits per heavy atom. The van der Waals surface area contributed by atoms with Gasteiger partial charge in [0.1, 0.15) is 18.0 Å². The molecule has 2 aromatic carbocycles. The molecule has 0 bridgehead atoms. The standard InChI is InChI=1S/C30H28FN5O/c1-2-10-36-11-8-22(17-36)26-13-23(12-24-16-32-18-34-29(24)26)25-6-5-21(14-27(25)31)30(37)35-28-15-20(7-9-33-28)19-3-4-19/h2,5-7,9-10,12-16,18-19,22H,3-4,8,11,17H2,1H3,(H,33,35,37). The first kappa shape index (κ1) is 23.3. The molecule has 1 atom stereocenters. The normalized spacial score (nSPS) is 17.6. The van der Waals surface area contributed by atoms with Gasteiger partial charge in [0.05, 0.1) is 5.52 Å². The second kappa shape index (κ2) is 9.73. The van der Waals surface area contributed by atoms with Crippen molar-refractivity contribution in [3.05, 3.63) is 96.0 Å². The van der Waals surface area contributed by atoms with Crippen LogP contribution in [0.3, 0.4) is 0 Å². The predicted octanol–water partition coefficient (Wildman–Crippen LogP) is 6.28. The maximum absolute atomic E-state index is 15.4. The summed E-state index contributed by atoms with van der Waals surface area (Å²) in [6, 6.07) is 12.5. The van der Waals surface area contributed by atoms with Gasteiger partial charge in [0.2, 0.25) is 0 Å². The summed E-state index contributed by atoms with van der Waals surface area (Å²) < 4.78 is 15.4. The van der Waals surface area contributed by atoms with Crippen LogP contribution < -0.4 is 5.32 Å². The number of halogens is 1. The highest BCUT2D eigenvalue weighted by molar-refractivity contribution is 6.04. The molecule has 6 rings (SSSR count). The van der Waals surface area contributed by atoms with E-state index < -0.39 is 5.82 Å². The van der Waals surface area contributed by atoms with Gasteiger partial charge < -0.3 is 10.2 Å². The molecule has 37 heavy (non-hydrogen) atoms. The Balaban J connectivity index is 1.29. The molecule has 1 amide bonds. The Kier molecular flexibility index (Phi) is 6.12. The van der Waals surface area contributed by atoms with Crippen LogP contribution in [0.4, 0.5) is 10.2 Å². The first-order valence-corrected chi connectivity index (χ1v) is 12.8. The van der Waals surface area contributed by atoms with Crippen LogP contribution >= 0.6 is 0 Å². The van der Waals surface area contributed by atoms with E-state index in [1.807, 2.05) is 37.3 Å². The lowest BCUT2D eigenvalue weighted by Gasteiger charge is -2.16. The molecule has 2 aromatic heterocycles. The van der Waals surface area contributed by atoms with Crippen molar-refractivity contribution in [3.63, 3.8) is 0 Å². The minimum Gasteiger partial charge on any atom is -0.377 e. The third kappa shape index (κ3) is 4.81. The lowest BCUT2D eigenvalue weighted by Crippen LogP contribution is -2.13. The molecule has 1 saturated heterocycles. The number of carbonyl (C=O) groups excluding carboxylic acids is 1. The zero-order valence-corrected chi connectivity index (χ0v) is 20.7. The lowest BCUT2D eigenvalue weighted by molar-refractivity contribution is 0.102. The molecule has 1 N–H and O–H groups in total. The second-order valence-electron chi connectivity index (χ2n) is 9.89. The number of likely N-dealkylation sites (tertiary alicyclic amines) is 1. The van der Waals surface area contributed by atoms with Gasteiger partial charge in [-0.3, -0.25) is 4.79 Å². The quantitative estimate of drug-likeness (QED) is 0.342. The van der Waals surface area contributed by atoms with E-state index in [9.17, 15) is 4.79 Å². The first-order chi connectivity index (χ1) is 18.1. The van der Waals surface area contributed by atoms with Crippen LogP contribution in [0.25, 0.3) is 22.0 Å². The number of anilines is 1. The molecule has 186 valence electrons. The van der Waals surface area contributed by atoms with Gasteiger partial charge in [-0.05, 0) is 91.4 Å². The van der Waals surface area contributed by atoms with E-state index in [0.717, 1.165) is 41.5 Å². The molecule has 1 aliphatic carbocycles. The van der Waals surface area contributed by atoms with Crippen molar-refractivity contribution in [2.45, 2.75) is 38.0 Å². The van der Waals surface area contributed by atoms with Gasteiger partial charge in [-0.2, -0.15) is 0 Å². The topological polar surface area (TPSA) is 71.0 Å². The largest absolute Gasteiger partial charge is 0.377 e. The summed E-state index contributed by atoms with van der Waals surface area (Å²) >= 11 is 0. The number of nitrogens with zero attached hydrogens (tertiary/aromatic N) is 4. The number of rotatable bonds is 6. The van der Waals surface area contributed by atoms with Gasteiger partial charge in [0, 0.05) is 47.9 Å². The maximum Gasteiger partial charge on any atom is 0.256 e. The number of hydrogen-bond donors (Lipinski definition) is 1. The van der Waals surface area contributed by atoms with Crippen LogP contribution in [0.1, 0.15) is 59.5 Å². The van der Waals surface area contributed by atoms with Crippen molar-refractivity contribution in [2.24, 2.45) is 0 Å². The number of nitrogens with one attached hydrogen (secondary N) is 1. The average molecular weight is 494 g/mol. The molecular formula is C30H28FN5O. The summed E-state index contributed by atoms with van der Waals surface area (Å²) in [5, 5.41) is 3.69. The number of pyridine rings is 1. The fourth-order valence-corrected chi connectivity index (χ4v) is 5.25. The third-order valence-electron chi connectivity index (χ3n) is 7.27. The van der Waals surface area contributed by atoms with Gasteiger partial charge in [-0.1, -0.05) is 12.1 Å². The number of carbonyl (C=O) groups is 1. The molecule has 1 unspecified atom stereocenters. The van der Waals surface area contributed by atoms with E-state index in [1.165, 1.54) is 24.5 Å². The molecule has 6 nitrogen and oxygen atoms in total. The highest BCUT2D eigenvalue weighted by Gasteiger charge is 2.26. The Hall–Kier alpha value is -4.13. The summed E-state index contributed by atoms with van der Waals surface area (Å²) in [7, 11) is 0. The van der Waals surface area contributed by atoms with Gasteiger partial charge in [0.15, 0.2) is 0 Å². The number of aromatic nitrogens is 3. The van der Waals surface area contributed by atoms with Gasteiger partial charge in [-0.25, -0.2) is 19.3 Å². The van der Waals surface area contributed by atoms with Crippen LogP contribution in [0.5, 0.6) is 0 Å². The lowest BCUT2D eigenvalue weighted by atomic mass is 9.91. The molecular weight excluding hydrogens is 465 g/mol. The van der Waals surface area contributed by atoms with Crippen molar-refractivity contribution in [1.29, 1.82) is 0 Å². The molecule has 7 heteroatoms. The summed E-state index contributed by atoms with van der Waals surface area (Å²) in [6.45, 7) is 3.89. The minimum absolute atomic E-state index is 0.252. The van der Waals surface area contributed by atoms with E-state index >= 15 is 4.39 Å². The molecule has 4 aromatic rings. The second-order valence-corrected chi connectivity index (χ2v) is 9.89. The van der Waals surface area contributed by atoms with Crippen LogP contribution in [0.15, 0.2) is 73.5 Å². The Bertz CT molecular complexity index is 1510. The van der Waals surface area contributed by atoms with Crippen molar-refractivity contribution in [3.8, 4) is 11.1 Å². The fourth-order valence-electron chi connectivity index (χ4n) is 5.25. The fraction of sp³-hybridized carbons (Fsp3) is 0.267. The van der Waals surface area contributed by atoms with Crippen LogP contribution in [-0.2, 0) is 0 Å². The van der Waals surface area contributed by atoms with Crippen LogP contribution in [0.2, 0.25) is 0 Å². The third-order valence-corrected chi connectivity index (χ3v) is 7.27. The summed E-state index contributed by atoms with van der Waals surface area (Å²) in [5.41, 5.74) is 4.64. The van der Waals surface area contributed by atoms with Crippen molar-refractivity contribution >= 4 is 22.6 Å². The van der Waals surface area contributed by atoms with Crippen LogP contribution in [-0.4, -0.2) is 38.8 Å². The van der Waals surface area contributed by atoms with Crippen molar-refractivity contribution < 1.29 is 9.18 Å². The number of benzene rings is 2. The SMILES string of the molecule is CC=CN1CCC(c2cc(-c3ccc(C(=O)Nc4cc(C5CC5)ccn4)cc3F)cc3cncnc23)C1. The smallest absolute Gasteiger partial charge is 0.256 e. The van der Waals surface area contributed by atoms with Gasteiger partial charge in [-0.15, -0.1) is 0 Å². The van der Waals surface area contributed by atoms with E-state index in [1.54, 1.807) is 30.9 Å². The van der Waals surface area contributed by atoms with E-state index in [0.29, 0.717) is 23.2 Å². The number of allylic oxidation sites excluding steroid dienone is 1. The maximum atomic E-state index is 15.4. The molecule has 2 aliphatic rings. The number of fused-ring (bicyclic) bond motifs is 1.